The van der Waals surface area contributed by atoms with Crippen LogP contribution >= 0.6 is 0 Å². The molecule has 0 aromatic carbocycles. The molecular weight excluding hydrogens is 322 g/mol. The maximum absolute atomic E-state index is 12.6. The summed E-state index contributed by atoms with van der Waals surface area (Å²) in [4.78, 5) is 38.0. The van der Waals surface area contributed by atoms with Gasteiger partial charge in [-0.05, 0) is 32.8 Å². The van der Waals surface area contributed by atoms with E-state index in [2.05, 4.69) is 5.10 Å². The average molecular weight is 345 g/mol. The summed E-state index contributed by atoms with van der Waals surface area (Å²) in [6, 6.07) is 3.48. The van der Waals surface area contributed by atoms with Crippen molar-refractivity contribution in [3.8, 4) is 0 Å². The molecule has 25 heavy (non-hydrogen) atoms. The molecule has 8 heteroatoms. The maximum atomic E-state index is 12.6. The highest BCUT2D eigenvalue weighted by Gasteiger charge is 2.26. The summed E-state index contributed by atoms with van der Waals surface area (Å²) in [5.74, 6) is -0.119. The smallest absolute Gasteiger partial charge is 0.331 e. The van der Waals surface area contributed by atoms with Crippen LogP contribution in [0.15, 0.2) is 27.9 Å². The summed E-state index contributed by atoms with van der Waals surface area (Å²) in [6.45, 7) is 5.18. The fourth-order valence-electron chi connectivity index (χ4n) is 3.38. The van der Waals surface area contributed by atoms with Gasteiger partial charge in [0.25, 0.3) is 5.56 Å². The van der Waals surface area contributed by atoms with Crippen LogP contribution in [-0.2, 0) is 18.4 Å². The molecule has 3 rings (SSSR count). The first kappa shape index (κ1) is 17.2. The Bertz CT molecular complexity index is 908. The van der Waals surface area contributed by atoms with Crippen molar-refractivity contribution in [1.82, 2.24) is 23.8 Å². The normalized spacial score (nSPS) is 17.7. The minimum atomic E-state index is -0.479. The third-order valence-corrected chi connectivity index (χ3v) is 4.71. The molecule has 2 aromatic rings. The number of likely N-dealkylation sites (tertiary alicyclic amines) is 1. The second-order valence-electron chi connectivity index (χ2n) is 6.63. The van der Waals surface area contributed by atoms with E-state index in [1.165, 1.54) is 23.9 Å². The number of aromatic nitrogens is 4. The summed E-state index contributed by atoms with van der Waals surface area (Å²) in [5, 5.41) is 4.53. The average Bonchev–Trinajstić information content (AvgIpc) is 2.94. The van der Waals surface area contributed by atoms with E-state index in [4.69, 9.17) is 0 Å². The molecular formula is C17H23N5O3. The zero-order valence-corrected chi connectivity index (χ0v) is 14.8. The lowest BCUT2D eigenvalue weighted by Gasteiger charge is -2.33. The zero-order chi connectivity index (χ0) is 18.1. The molecule has 1 aliphatic heterocycles. The van der Waals surface area contributed by atoms with Crippen LogP contribution in [-0.4, -0.2) is 42.8 Å². The number of nitrogens with zero attached hydrogens (tertiary/aromatic N) is 5. The van der Waals surface area contributed by atoms with Gasteiger partial charge in [0.15, 0.2) is 0 Å². The maximum Gasteiger partial charge on any atom is 0.331 e. The second-order valence-corrected chi connectivity index (χ2v) is 6.63. The number of rotatable bonds is 3. The molecule has 1 fully saturated rings. The lowest BCUT2D eigenvalue weighted by atomic mass is 10.1. The molecule has 1 saturated heterocycles. The van der Waals surface area contributed by atoms with Gasteiger partial charge in [-0.15, -0.1) is 0 Å². The first-order chi connectivity index (χ1) is 11.9. The van der Waals surface area contributed by atoms with Crippen molar-refractivity contribution in [3.63, 3.8) is 0 Å². The Kier molecular flexibility index (Phi) is 4.61. The van der Waals surface area contributed by atoms with Crippen LogP contribution in [0.5, 0.6) is 0 Å². The van der Waals surface area contributed by atoms with E-state index in [1.54, 1.807) is 4.90 Å². The lowest BCUT2D eigenvalue weighted by Crippen LogP contribution is -2.45. The minimum Gasteiger partial charge on any atom is -0.339 e. The van der Waals surface area contributed by atoms with E-state index in [0.717, 1.165) is 28.8 Å². The topological polar surface area (TPSA) is 82.1 Å². The SMILES string of the molecule is Cc1cc(C)n([C@H]2CCCN(C(=O)Cn3ccc(=O)n(C)c3=O)C2)n1. The van der Waals surface area contributed by atoms with Crippen LogP contribution in [0.2, 0.25) is 0 Å². The largest absolute Gasteiger partial charge is 0.339 e. The quantitative estimate of drug-likeness (QED) is 0.797. The fourth-order valence-corrected chi connectivity index (χ4v) is 3.38. The third kappa shape index (κ3) is 3.42. The van der Waals surface area contributed by atoms with Crippen LogP contribution < -0.4 is 11.2 Å². The van der Waals surface area contributed by atoms with Gasteiger partial charge in [-0.1, -0.05) is 0 Å². The number of piperidine rings is 1. The van der Waals surface area contributed by atoms with Gasteiger partial charge in [0.2, 0.25) is 5.91 Å². The first-order valence-corrected chi connectivity index (χ1v) is 8.44. The Morgan fingerprint density at radius 1 is 1.32 bits per heavy atom. The van der Waals surface area contributed by atoms with Crippen molar-refractivity contribution in [3.05, 3.63) is 50.6 Å². The molecule has 1 aliphatic rings. The van der Waals surface area contributed by atoms with Gasteiger partial charge in [0.05, 0.1) is 11.7 Å². The van der Waals surface area contributed by atoms with Crippen molar-refractivity contribution >= 4 is 5.91 Å². The summed E-state index contributed by atoms with van der Waals surface area (Å²) >= 11 is 0. The van der Waals surface area contributed by atoms with Gasteiger partial charge < -0.3 is 4.90 Å². The van der Waals surface area contributed by atoms with Gasteiger partial charge >= 0.3 is 5.69 Å². The van der Waals surface area contributed by atoms with Crippen LogP contribution in [0.1, 0.15) is 30.3 Å². The minimum absolute atomic E-state index is 0.0587. The second kappa shape index (κ2) is 6.70. The Hall–Kier alpha value is -2.64. The molecule has 0 N–H and O–H groups in total. The predicted octanol–water partition coefficient (Wildman–Crippen LogP) is 0.224. The van der Waals surface area contributed by atoms with E-state index in [0.29, 0.717) is 13.1 Å². The van der Waals surface area contributed by atoms with Gasteiger partial charge in [0.1, 0.15) is 6.54 Å². The molecule has 0 radical (unpaired) electrons. The predicted molar refractivity (Wildman–Crippen MR) is 92.5 cm³/mol. The van der Waals surface area contributed by atoms with Crippen molar-refractivity contribution in [2.75, 3.05) is 13.1 Å². The van der Waals surface area contributed by atoms with Crippen LogP contribution in [0.4, 0.5) is 0 Å². The van der Waals surface area contributed by atoms with Crippen LogP contribution in [0, 0.1) is 13.8 Å². The van der Waals surface area contributed by atoms with E-state index in [1.807, 2.05) is 24.6 Å². The highest BCUT2D eigenvalue weighted by atomic mass is 16.2. The third-order valence-electron chi connectivity index (χ3n) is 4.71. The van der Waals surface area contributed by atoms with Crippen molar-refractivity contribution in [2.45, 2.75) is 39.3 Å². The van der Waals surface area contributed by atoms with E-state index in [-0.39, 0.29) is 24.1 Å². The van der Waals surface area contributed by atoms with E-state index >= 15 is 0 Å². The number of hydrogen-bond acceptors (Lipinski definition) is 4. The molecule has 1 atom stereocenters. The van der Waals surface area contributed by atoms with Crippen molar-refractivity contribution in [1.29, 1.82) is 0 Å². The number of aryl methyl sites for hydroxylation is 2. The van der Waals surface area contributed by atoms with Gasteiger partial charge in [-0.3, -0.25) is 23.4 Å². The molecule has 1 amide bonds. The zero-order valence-electron chi connectivity index (χ0n) is 14.8. The van der Waals surface area contributed by atoms with Gasteiger partial charge in [0, 0.05) is 38.1 Å². The highest BCUT2D eigenvalue weighted by Crippen LogP contribution is 2.23. The lowest BCUT2D eigenvalue weighted by molar-refractivity contribution is -0.133. The van der Waals surface area contributed by atoms with Crippen LogP contribution in [0.25, 0.3) is 0 Å². The van der Waals surface area contributed by atoms with Crippen molar-refractivity contribution < 1.29 is 4.79 Å². The summed E-state index contributed by atoms with van der Waals surface area (Å²) in [6.07, 6.45) is 3.26. The highest BCUT2D eigenvalue weighted by molar-refractivity contribution is 5.76. The Morgan fingerprint density at radius 2 is 2.08 bits per heavy atom. The molecule has 0 bridgehead atoms. The standard InChI is InChI=1S/C17H23N5O3/c1-12-9-13(2)22(18-12)14-5-4-7-20(10-14)16(24)11-21-8-6-15(23)19(3)17(21)25/h6,8-9,14H,4-5,7,10-11H2,1-3H3/t14-/m0/s1. The monoisotopic (exact) mass is 345 g/mol. The molecule has 3 heterocycles. The van der Waals surface area contributed by atoms with Crippen molar-refractivity contribution in [2.24, 2.45) is 7.05 Å². The first-order valence-electron chi connectivity index (χ1n) is 8.44. The number of amides is 1. The molecule has 0 unspecified atom stereocenters. The van der Waals surface area contributed by atoms with Gasteiger partial charge in [-0.25, -0.2) is 4.79 Å². The number of carbonyl (C=O) groups excluding carboxylic acids is 1. The summed E-state index contributed by atoms with van der Waals surface area (Å²) in [5.41, 5.74) is 1.20. The van der Waals surface area contributed by atoms with Gasteiger partial charge in [-0.2, -0.15) is 5.10 Å². The van der Waals surface area contributed by atoms with E-state index < -0.39 is 5.69 Å². The van der Waals surface area contributed by atoms with Crippen LogP contribution in [0.3, 0.4) is 0 Å². The van der Waals surface area contributed by atoms with E-state index in [9.17, 15) is 14.4 Å². The number of hydrogen-bond donors (Lipinski definition) is 0. The Morgan fingerprint density at radius 3 is 2.76 bits per heavy atom. The summed E-state index contributed by atoms with van der Waals surface area (Å²) < 4.78 is 4.27. The molecule has 134 valence electrons. The molecule has 0 spiro atoms. The number of carbonyl (C=O) groups is 1. The molecule has 0 saturated carbocycles. The summed E-state index contributed by atoms with van der Waals surface area (Å²) in [7, 11) is 1.41. The molecule has 8 nitrogen and oxygen atoms in total. The molecule has 0 aliphatic carbocycles. The Labute approximate surface area is 145 Å². The Balaban J connectivity index is 1.74. The fraction of sp³-hybridized carbons (Fsp3) is 0.529. The molecule has 2 aromatic heterocycles.